The van der Waals surface area contributed by atoms with E-state index in [1.54, 1.807) is 5.06 Å². The monoisotopic (exact) mass is 820 g/mol. The lowest BCUT2D eigenvalue weighted by Crippen LogP contribution is -2.69. The van der Waals surface area contributed by atoms with Crippen molar-refractivity contribution in [2.75, 3.05) is 19.7 Å². The quantitative estimate of drug-likeness (QED) is 0.0902. The minimum Gasteiger partial charge on any atom is -0.458 e. The van der Waals surface area contributed by atoms with Crippen molar-refractivity contribution in [2.24, 2.45) is 22.7 Å². The van der Waals surface area contributed by atoms with Crippen molar-refractivity contribution in [3.63, 3.8) is 0 Å². The molecule has 8 rings (SSSR count). The van der Waals surface area contributed by atoms with Crippen LogP contribution in [-0.2, 0) is 44.7 Å². The molecule has 326 valence electrons. The molecule has 10 unspecified atom stereocenters. The van der Waals surface area contributed by atoms with E-state index < -0.39 is 47.6 Å². The number of benzene rings is 1. The molecule has 0 radical (unpaired) electrons. The highest BCUT2D eigenvalue weighted by atomic mass is 16.8. The molecule has 0 spiro atoms. The largest absolute Gasteiger partial charge is 0.458 e. The van der Waals surface area contributed by atoms with Gasteiger partial charge in [0, 0.05) is 38.8 Å². The average molecular weight is 820 g/mol. The SMILES string of the molecule is CCCCCC1(CCCCC)OC2C3CC4(C(=O)NCCC(=O)NCCO)C(ON(Cc5ccccc5C=C5CCC6OC6(C)CCC6C5CC6(C)C)C4C(=O)O3)C2O1. The second kappa shape index (κ2) is 17.1. The number of carbonyl (C=O) groups is 3. The van der Waals surface area contributed by atoms with Crippen LogP contribution in [0.25, 0.3) is 6.08 Å². The van der Waals surface area contributed by atoms with Gasteiger partial charge in [-0.2, -0.15) is 5.06 Å². The second-order valence-electron chi connectivity index (χ2n) is 19.6. The highest BCUT2D eigenvalue weighted by Gasteiger charge is 2.76. The van der Waals surface area contributed by atoms with Crippen LogP contribution in [0, 0.1) is 22.7 Å². The van der Waals surface area contributed by atoms with Gasteiger partial charge in [0.05, 0.1) is 24.9 Å². The Bertz CT molecular complexity index is 1740. The number of ether oxygens (including phenoxy) is 4. The highest BCUT2D eigenvalue weighted by Crippen LogP contribution is 2.61. The van der Waals surface area contributed by atoms with E-state index in [9.17, 15) is 14.4 Å². The standard InChI is InChI=1S/C47H69N3O9/c1-6-8-12-20-46(21-13-9-7-2)57-38-35-28-47(43(54)49-23-19-37(52)48-24-25-51)40(42(53)55-35)50(59-41(47)39(38)58-46)29-32-15-11-10-14-30(32)26-31-16-17-36-45(5,56-36)22-18-34-33(31)27-44(34,3)4/h10-11,14-15,26,33-36,38-41,51H,6-9,12-13,16-25,27-29H2,1-5H3,(H,48,52)(H,49,54). The first-order valence-corrected chi connectivity index (χ1v) is 23.0. The fraction of sp³-hybridized carbons (Fsp3) is 0.766. The molecule has 3 saturated carbocycles. The van der Waals surface area contributed by atoms with Crippen LogP contribution in [0.3, 0.4) is 0 Å². The lowest BCUT2D eigenvalue weighted by atomic mass is 9.52. The van der Waals surface area contributed by atoms with E-state index in [4.69, 9.17) is 28.9 Å². The van der Waals surface area contributed by atoms with E-state index in [-0.39, 0.29) is 56.5 Å². The predicted molar refractivity (Wildman–Crippen MR) is 221 cm³/mol. The van der Waals surface area contributed by atoms with Gasteiger partial charge in [-0.15, -0.1) is 0 Å². The number of carbonyl (C=O) groups excluding carboxylic acids is 3. The average Bonchev–Trinajstić information content (AvgIpc) is 3.49. The summed E-state index contributed by atoms with van der Waals surface area (Å²) in [5.41, 5.74) is 2.52. The van der Waals surface area contributed by atoms with Crippen molar-refractivity contribution in [3.05, 3.63) is 41.0 Å². The normalized spacial score (nSPS) is 36.8. The van der Waals surface area contributed by atoms with Crippen molar-refractivity contribution in [1.29, 1.82) is 0 Å². The van der Waals surface area contributed by atoms with Crippen LogP contribution in [0.1, 0.15) is 142 Å². The molecule has 7 aliphatic rings. The summed E-state index contributed by atoms with van der Waals surface area (Å²) in [7, 11) is 0. The number of epoxide rings is 1. The Kier molecular flexibility index (Phi) is 12.4. The van der Waals surface area contributed by atoms with Crippen LogP contribution in [0.5, 0.6) is 0 Å². The number of hydrogen-bond donors (Lipinski definition) is 3. The minimum atomic E-state index is -1.33. The van der Waals surface area contributed by atoms with E-state index in [0.717, 1.165) is 68.9 Å². The van der Waals surface area contributed by atoms with Crippen LogP contribution in [0.2, 0.25) is 0 Å². The van der Waals surface area contributed by atoms with E-state index in [2.05, 4.69) is 69.5 Å². The third-order valence-electron chi connectivity index (χ3n) is 15.2. The first-order valence-electron chi connectivity index (χ1n) is 23.0. The van der Waals surface area contributed by atoms with Gasteiger partial charge in [0.25, 0.3) is 0 Å². The second-order valence-corrected chi connectivity index (χ2v) is 19.6. The molecule has 3 N–H and O–H groups in total. The topological polar surface area (TPSA) is 148 Å². The molecule has 0 aromatic heterocycles. The summed E-state index contributed by atoms with van der Waals surface area (Å²) in [6.45, 7) is 11.8. The zero-order valence-corrected chi connectivity index (χ0v) is 36.1. The molecule has 1 aromatic rings. The Hall–Kier alpha value is -2.87. The molecule has 4 aliphatic heterocycles. The number of nitrogens with zero attached hydrogens (tertiary/aromatic N) is 1. The summed E-state index contributed by atoms with van der Waals surface area (Å²) >= 11 is 0. The maximum absolute atomic E-state index is 14.8. The molecule has 7 fully saturated rings. The summed E-state index contributed by atoms with van der Waals surface area (Å²) in [5.74, 6) is -0.858. The predicted octanol–water partition coefficient (Wildman–Crippen LogP) is 6.52. The third kappa shape index (κ3) is 8.16. The van der Waals surface area contributed by atoms with Crippen LogP contribution >= 0.6 is 0 Å². The van der Waals surface area contributed by atoms with Gasteiger partial charge in [0.15, 0.2) is 11.8 Å². The lowest BCUT2D eigenvalue weighted by molar-refractivity contribution is -0.224. The number of hydroxylamine groups is 2. The molecule has 12 nitrogen and oxygen atoms in total. The Labute approximate surface area is 350 Å². The zero-order valence-electron chi connectivity index (χ0n) is 36.1. The van der Waals surface area contributed by atoms with Crippen LogP contribution in [0.4, 0.5) is 0 Å². The number of fused-ring (bicyclic) bond motifs is 6. The molecule has 1 aromatic carbocycles. The number of esters is 1. The van der Waals surface area contributed by atoms with Crippen LogP contribution in [-0.4, -0.2) is 95.6 Å². The number of amides is 2. The summed E-state index contributed by atoms with van der Waals surface area (Å²) in [4.78, 5) is 48.6. The molecule has 10 atom stereocenters. The molecular formula is C47H69N3O9. The zero-order chi connectivity index (χ0) is 41.6. The van der Waals surface area contributed by atoms with Crippen molar-refractivity contribution in [2.45, 2.75) is 185 Å². The maximum Gasteiger partial charge on any atom is 0.327 e. The third-order valence-corrected chi connectivity index (χ3v) is 15.2. The summed E-state index contributed by atoms with van der Waals surface area (Å²) in [5, 5.41) is 16.5. The van der Waals surface area contributed by atoms with Crippen LogP contribution in [0.15, 0.2) is 29.8 Å². The van der Waals surface area contributed by atoms with Crippen molar-refractivity contribution in [3.8, 4) is 0 Å². The van der Waals surface area contributed by atoms with Gasteiger partial charge in [-0.1, -0.05) is 89.3 Å². The molecule has 4 heterocycles. The number of allylic oxidation sites excluding steroid dienone is 1. The molecule has 4 saturated heterocycles. The molecule has 3 aliphatic carbocycles. The fourth-order valence-corrected chi connectivity index (χ4v) is 11.8. The first-order chi connectivity index (χ1) is 28.4. The Balaban J connectivity index is 1.10. The number of aliphatic hydroxyl groups excluding tert-OH is 1. The van der Waals surface area contributed by atoms with E-state index in [0.29, 0.717) is 36.2 Å². The van der Waals surface area contributed by atoms with Crippen molar-refractivity contribution < 1.29 is 43.3 Å². The van der Waals surface area contributed by atoms with Gasteiger partial charge < -0.3 is 34.7 Å². The number of nitrogens with one attached hydrogen (secondary N) is 2. The summed E-state index contributed by atoms with van der Waals surface area (Å²) < 4.78 is 26.5. The Morgan fingerprint density at radius 3 is 2.41 bits per heavy atom. The van der Waals surface area contributed by atoms with Gasteiger partial charge in [-0.05, 0) is 80.2 Å². The van der Waals surface area contributed by atoms with Gasteiger partial charge in [0.1, 0.15) is 29.8 Å². The number of rotatable bonds is 17. The van der Waals surface area contributed by atoms with E-state index in [1.807, 2.05) is 6.07 Å². The summed E-state index contributed by atoms with van der Waals surface area (Å²) in [6.07, 6.45) is 13.2. The van der Waals surface area contributed by atoms with Crippen LogP contribution < -0.4 is 10.6 Å². The van der Waals surface area contributed by atoms with Crippen molar-refractivity contribution in [1.82, 2.24) is 15.7 Å². The lowest BCUT2D eigenvalue weighted by Gasteiger charge is -2.53. The highest BCUT2D eigenvalue weighted by molar-refractivity contribution is 5.94. The molecule has 2 amide bonds. The molecular weight excluding hydrogens is 751 g/mol. The number of hydrogen-bond acceptors (Lipinski definition) is 10. The molecule has 12 heteroatoms. The number of aliphatic hydroxyl groups is 1. The van der Waals surface area contributed by atoms with E-state index >= 15 is 0 Å². The first kappa shape index (κ1) is 42.8. The van der Waals surface area contributed by atoms with Gasteiger partial charge in [-0.25, -0.2) is 0 Å². The van der Waals surface area contributed by atoms with Gasteiger partial charge in [0.2, 0.25) is 11.8 Å². The molecule has 59 heavy (non-hydrogen) atoms. The minimum absolute atomic E-state index is 0.00734. The van der Waals surface area contributed by atoms with E-state index in [1.165, 1.54) is 18.4 Å². The van der Waals surface area contributed by atoms with Gasteiger partial charge in [-0.3, -0.25) is 19.2 Å². The summed E-state index contributed by atoms with van der Waals surface area (Å²) in [6, 6.07) is 7.30. The Morgan fingerprint density at radius 1 is 0.932 bits per heavy atom. The molecule has 2 bridgehead atoms. The van der Waals surface area contributed by atoms with Crippen molar-refractivity contribution >= 4 is 23.9 Å². The maximum atomic E-state index is 14.8. The smallest absolute Gasteiger partial charge is 0.327 e. The fourth-order valence-electron chi connectivity index (χ4n) is 11.8. The Morgan fingerprint density at radius 2 is 1.68 bits per heavy atom. The van der Waals surface area contributed by atoms with Gasteiger partial charge >= 0.3 is 5.97 Å². The number of unbranched alkanes of at least 4 members (excludes halogenated alkanes) is 4.